The summed E-state index contributed by atoms with van der Waals surface area (Å²) in [5.74, 6) is 1.00. The second-order valence-corrected chi connectivity index (χ2v) is 5.51. The molecule has 0 fully saturated rings. The van der Waals surface area contributed by atoms with Gasteiger partial charge in [0.05, 0.1) is 0 Å². The van der Waals surface area contributed by atoms with Gasteiger partial charge >= 0.3 is 0 Å². The zero-order chi connectivity index (χ0) is 10.4. The molecule has 0 saturated carbocycles. The molecule has 78 valence electrons. The van der Waals surface area contributed by atoms with E-state index in [0.29, 0.717) is 5.25 Å². The van der Waals surface area contributed by atoms with E-state index in [1.54, 1.807) is 0 Å². The van der Waals surface area contributed by atoms with E-state index in [1.807, 2.05) is 17.8 Å². The molecule has 0 amide bonds. The third kappa shape index (κ3) is 4.03. The number of hydrogen-bond donors (Lipinski definition) is 1. The minimum atomic E-state index is 0.282. The molecule has 0 heterocycles. The summed E-state index contributed by atoms with van der Waals surface area (Å²) in [6.45, 7) is 2.43. The van der Waals surface area contributed by atoms with Crippen LogP contribution in [-0.2, 0) is 5.75 Å². The van der Waals surface area contributed by atoms with E-state index in [0.717, 1.165) is 12.2 Å². The Kier molecular flexibility index (Phi) is 5.60. The third-order valence-electron chi connectivity index (χ3n) is 2.02. The predicted molar refractivity (Wildman–Crippen MR) is 66.6 cm³/mol. The quantitative estimate of drug-likeness (QED) is 0.888. The van der Waals surface area contributed by atoms with Crippen molar-refractivity contribution in [2.24, 2.45) is 0 Å². The Hall–Kier alpha value is 0.01000. The summed E-state index contributed by atoms with van der Waals surface area (Å²) in [6, 6.07) is 8.27. The number of hydrogen-bond acceptors (Lipinski definition) is 2. The van der Waals surface area contributed by atoms with Gasteiger partial charge in [-0.25, -0.2) is 0 Å². The topological polar surface area (TPSA) is 20.2 Å². The van der Waals surface area contributed by atoms with Gasteiger partial charge in [-0.3, -0.25) is 0 Å². The van der Waals surface area contributed by atoms with E-state index in [9.17, 15) is 0 Å². The van der Waals surface area contributed by atoms with E-state index >= 15 is 0 Å². The van der Waals surface area contributed by atoms with Gasteiger partial charge in [0.15, 0.2) is 0 Å². The molecule has 0 aliphatic rings. The maximum Gasteiger partial charge on any atom is 0.0441 e. The molecule has 3 heteroatoms. The minimum absolute atomic E-state index is 0.282. The van der Waals surface area contributed by atoms with Crippen LogP contribution in [0.1, 0.15) is 18.9 Å². The highest BCUT2D eigenvalue weighted by atomic mass is 79.9. The molecule has 1 atom stereocenters. The SMILES string of the molecule is CC(CCO)SCc1ccccc1Br. The highest BCUT2D eigenvalue weighted by Crippen LogP contribution is 2.24. The summed E-state index contributed by atoms with van der Waals surface area (Å²) >= 11 is 5.40. The Labute approximate surface area is 98.0 Å². The second-order valence-electron chi connectivity index (χ2n) is 3.23. The first-order valence-corrected chi connectivity index (χ1v) is 6.54. The molecule has 1 unspecified atom stereocenters. The second kappa shape index (κ2) is 6.49. The fourth-order valence-corrected chi connectivity index (χ4v) is 2.71. The molecule has 1 rings (SSSR count). The summed E-state index contributed by atoms with van der Waals surface area (Å²) in [7, 11) is 0. The van der Waals surface area contributed by atoms with E-state index in [1.165, 1.54) is 10.0 Å². The smallest absolute Gasteiger partial charge is 0.0441 e. The fraction of sp³-hybridized carbons (Fsp3) is 0.455. The van der Waals surface area contributed by atoms with Crippen LogP contribution in [0.15, 0.2) is 28.7 Å². The van der Waals surface area contributed by atoms with Crippen LogP contribution in [0.4, 0.5) is 0 Å². The Morgan fingerprint density at radius 2 is 2.14 bits per heavy atom. The summed E-state index contributed by atoms with van der Waals surface area (Å²) in [4.78, 5) is 0. The molecule has 1 aromatic rings. The van der Waals surface area contributed by atoms with Crippen molar-refractivity contribution in [1.29, 1.82) is 0 Å². The zero-order valence-corrected chi connectivity index (χ0v) is 10.6. The largest absolute Gasteiger partial charge is 0.396 e. The van der Waals surface area contributed by atoms with Gasteiger partial charge in [-0.1, -0.05) is 41.1 Å². The fourth-order valence-electron chi connectivity index (χ4n) is 1.11. The van der Waals surface area contributed by atoms with Crippen LogP contribution in [0, 0.1) is 0 Å². The maximum absolute atomic E-state index is 8.77. The first kappa shape index (κ1) is 12.1. The molecule has 1 aromatic carbocycles. The van der Waals surface area contributed by atoms with Crippen LogP contribution < -0.4 is 0 Å². The minimum Gasteiger partial charge on any atom is -0.396 e. The molecule has 1 nitrogen and oxygen atoms in total. The number of thioether (sulfide) groups is 1. The van der Waals surface area contributed by atoms with E-state index in [2.05, 4.69) is 41.1 Å². The number of halogens is 1. The number of aliphatic hydroxyl groups excluding tert-OH is 1. The standard InChI is InChI=1S/C11H15BrOS/c1-9(6-7-13)14-8-10-4-2-3-5-11(10)12/h2-5,9,13H,6-8H2,1H3. The first-order valence-electron chi connectivity index (χ1n) is 4.70. The molecular formula is C11H15BrOS. The van der Waals surface area contributed by atoms with Crippen LogP contribution in [0.2, 0.25) is 0 Å². The molecule has 0 saturated heterocycles. The van der Waals surface area contributed by atoms with Crippen molar-refractivity contribution in [2.75, 3.05) is 6.61 Å². The number of aliphatic hydroxyl groups is 1. The average Bonchev–Trinajstić information content (AvgIpc) is 2.17. The molecule has 0 radical (unpaired) electrons. The highest BCUT2D eigenvalue weighted by Gasteiger charge is 2.04. The van der Waals surface area contributed by atoms with Crippen molar-refractivity contribution in [2.45, 2.75) is 24.3 Å². The zero-order valence-electron chi connectivity index (χ0n) is 8.24. The summed E-state index contributed by atoms with van der Waals surface area (Å²) in [5, 5.41) is 9.29. The summed E-state index contributed by atoms with van der Waals surface area (Å²) < 4.78 is 1.17. The van der Waals surface area contributed by atoms with Crippen LogP contribution in [-0.4, -0.2) is 17.0 Å². The van der Waals surface area contributed by atoms with Crippen molar-refractivity contribution in [1.82, 2.24) is 0 Å². The monoisotopic (exact) mass is 274 g/mol. The Bertz CT molecular complexity index is 278. The van der Waals surface area contributed by atoms with Gasteiger partial charge in [-0.15, -0.1) is 0 Å². The lowest BCUT2D eigenvalue weighted by Crippen LogP contribution is -2.00. The van der Waals surface area contributed by atoms with Gasteiger partial charge in [0, 0.05) is 22.1 Å². The number of benzene rings is 1. The highest BCUT2D eigenvalue weighted by molar-refractivity contribution is 9.10. The lowest BCUT2D eigenvalue weighted by molar-refractivity contribution is 0.289. The van der Waals surface area contributed by atoms with Gasteiger partial charge < -0.3 is 5.11 Å². The van der Waals surface area contributed by atoms with Crippen molar-refractivity contribution >= 4 is 27.7 Å². The molecular weight excluding hydrogens is 260 g/mol. The van der Waals surface area contributed by atoms with Crippen LogP contribution in [0.5, 0.6) is 0 Å². The maximum atomic E-state index is 8.77. The van der Waals surface area contributed by atoms with Crippen LogP contribution >= 0.6 is 27.7 Å². The summed E-state index contributed by atoms with van der Waals surface area (Å²) in [5.41, 5.74) is 1.32. The normalized spacial score (nSPS) is 12.8. The van der Waals surface area contributed by atoms with E-state index < -0.39 is 0 Å². The van der Waals surface area contributed by atoms with Crippen molar-refractivity contribution in [3.8, 4) is 0 Å². The van der Waals surface area contributed by atoms with Crippen molar-refractivity contribution < 1.29 is 5.11 Å². The molecule has 0 aromatic heterocycles. The van der Waals surface area contributed by atoms with Crippen LogP contribution in [0.25, 0.3) is 0 Å². The average molecular weight is 275 g/mol. The van der Waals surface area contributed by atoms with E-state index in [4.69, 9.17) is 5.11 Å². The first-order chi connectivity index (χ1) is 6.74. The van der Waals surface area contributed by atoms with Gasteiger partial charge in [0.2, 0.25) is 0 Å². The van der Waals surface area contributed by atoms with E-state index in [-0.39, 0.29) is 6.61 Å². The molecule has 0 aliphatic heterocycles. The van der Waals surface area contributed by atoms with Crippen LogP contribution in [0.3, 0.4) is 0 Å². The molecule has 14 heavy (non-hydrogen) atoms. The van der Waals surface area contributed by atoms with Gasteiger partial charge in [0.1, 0.15) is 0 Å². The third-order valence-corrected chi connectivity index (χ3v) is 4.07. The van der Waals surface area contributed by atoms with Gasteiger partial charge in [-0.2, -0.15) is 11.8 Å². The van der Waals surface area contributed by atoms with Gasteiger partial charge in [0.25, 0.3) is 0 Å². The Morgan fingerprint density at radius 1 is 1.43 bits per heavy atom. The molecule has 0 aliphatic carbocycles. The molecule has 0 spiro atoms. The molecule has 1 N–H and O–H groups in total. The molecule has 0 bridgehead atoms. The number of rotatable bonds is 5. The Morgan fingerprint density at radius 3 is 2.79 bits per heavy atom. The lowest BCUT2D eigenvalue weighted by atomic mass is 10.2. The lowest BCUT2D eigenvalue weighted by Gasteiger charge is -2.10. The van der Waals surface area contributed by atoms with Gasteiger partial charge in [-0.05, 0) is 18.1 Å². The predicted octanol–water partition coefficient (Wildman–Crippen LogP) is 3.45. The Balaban J connectivity index is 2.41. The van der Waals surface area contributed by atoms with Crippen molar-refractivity contribution in [3.05, 3.63) is 34.3 Å². The summed E-state index contributed by atoms with van der Waals surface area (Å²) in [6.07, 6.45) is 0.870. The van der Waals surface area contributed by atoms with Crippen molar-refractivity contribution in [3.63, 3.8) is 0 Å².